The van der Waals surface area contributed by atoms with Crippen LogP contribution in [0.5, 0.6) is 0 Å². The van der Waals surface area contributed by atoms with Crippen molar-refractivity contribution in [3.05, 3.63) is 42.3 Å². The largest absolute Gasteiger partial charge is 0.393 e. The Morgan fingerprint density at radius 3 is 2.74 bits per heavy atom. The summed E-state index contributed by atoms with van der Waals surface area (Å²) in [4.78, 5) is 14.3. The van der Waals surface area contributed by atoms with E-state index < -0.39 is 0 Å². The average Bonchev–Trinajstić information content (AvgIpc) is 2.99. The van der Waals surface area contributed by atoms with Gasteiger partial charge in [-0.2, -0.15) is 0 Å². The molecule has 6 heteroatoms. The molecule has 0 saturated carbocycles. The van der Waals surface area contributed by atoms with Crippen molar-refractivity contribution in [1.82, 2.24) is 15.0 Å². The number of H-pyrrole nitrogens is 1. The van der Waals surface area contributed by atoms with Crippen molar-refractivity contribution in [2.75, 3.05) is 18.0 Å². The Labute approximate surface area is 132 Å². The molecule has 0 spiro atoms. The fourth-order valence-corrected chi connectivity index (χ4v) is 2.93. The van der Waals surface area contributed by atoms with Crippen LogP contribution in [0.2, 0.25) is 0 Å². The van der Waals surface area contributed by atoms with Crippen LogP contribution in [0.15, 0.2) is 36.5 Å². The third-order valence-corrected chi connectivity index (χ3v) is 4.25. The maximum absolute atomic E-state index is 13.3. The number of benzene rings is 1. The zero-order valence-electron chi connectivity index (χ0n) is 12.5. The van der Waals surface area contributed by atoms with Crippen molar-refractivity contribution >= 4 is 16.9 Å². The van der Waals surface area contributed by atoms with Crippen molar-refractivity contribution in [3.8, 4) is 11.4 Å². The van der Waals surface area contributed by atoms with Crippen molar-refractivity contribution in [2.45, 2.75) is 18.9 Å². The molecule has 2 N–H and O–H groups in total. The second-order valence-electron chi connectivity index (χ2n) is 5.87. The fraction of sp³-hybridized carbons (Fsp3) is 0.294. The lowest BCUT2D eigenvalue weighted by molar-refractivity contribution is 0.145. The van der Waals surface area contributed by atoms with Crippen LogP contribution in [0.25, 0.3) is 22.4 Å². The summed E-state index contributed by atoms with van der Waals surface area (Å²) in [5.41, 5.74) is 2.27. The zero-order valence-corrected chi connectivity index (χ0v) is 12.5. The number of aromatic amines is 1. The van der Waals surface area contributed by atoms with Gasteiger partial charge in [-0.25, -0.2) is 14.4 Å². The number of piperidine rings is 1. The Morgan fingerprint density at radius 1 is 1.17 bits per heavy atom. The number of anilines is 1. The van der Waals surface area contributed by atoms with Gasteiger partial charge in [0.25, 0.3) is 0 Å². The summed E-state index contributed by atoms with van der Waals surface area (Å²) in [5, 5.41) is 9.57. The van der Waals surface area contributed by atoms with Crippen LogP contribution in [-0.2, 0) is 0 Å². The summed E-state index contributed by atoms with van der Waals surface area (Å²) in [6.45, 7) is 1.63. The molecule has 0 bridgehead atoms. The second kappa shape index (κ2) is 5.62. The molecule has 1 saturated heterocycles. The molecule has 1 aliphatic heterocycles. The number of rotatable bonds is 2. The first-order valence-electron chi connectivity index (χ1n) is 7.74. The van der Waals surface area contributed by atoms with Crippen molar-refractivity contribution in [1.29, 1.82) is 0 Å². The predicted octanol–water partition coefficient (Wildman–Crippen LogP) is 2.73. The Hall–Kier alpha value is -2.47. The van der Waals surface area contributed by atoms with Crippen LogP contribution in [0, 0.1) is 5.82 Å². The smallest absolute Gasteiger partial charge is 0.140 e. The lowest BCUT2D eigenvalue weighted by Gasteiger charge is -2.30. The molecule has 3 heterocycles. The molecule has 23 heavy (non-hydrogen) atoms. The van der Waals surface area contributed by atoms with Gasteiger partial charge in [-0.1, -0.05) is 0 Å². The third kappa shape index (κ3) is 2.77. The number of aliphatic hydroxyl groups excluding tert-OH is 1. The molecule has 1 aromatic carbocycles. The number of aromatic nitrogens is 3. The third-order valence-electron chi connectivity index (χ3n) is 4.25. The van der Waals surface area contributed by atoms with Gasteiger partial charge in [-0.15, -0.1) is 0 Å². The number of hydrogen-bond acceptors (Lipinski definition) is 4. The zero-order chi connectivity index (χ0) is 15.8. The number of nitrogens with one attached hydrogen (secondary N) is 1. The number of halogens is 1. The van der Waals surface area contributed by atoms with E-state index in [1.165, 1.54) is 12.1 Å². The number of fused-ring (bicyclic) bond motifs is 1. The molecule has 5 nitrogen and oxygen atoms in total. The van der Waals surface area contributed by atoms with Gasteiger partial charge in [0.1, 0.15) is 17.5 Å². The SMILES string of the molecule is OC1CCN(c2ccc(-c3nc4ccc(F)cc4[nH]3)cn2)CC1. The van der Waals surface area contributed by atoms with Gasteiger partial charge in [0.15, 0.2) is 0 Å². The normalized spacial score (nSPS) is 16.2. The number of imidazole rings is 1. The van der Waals surface area contributed by atoms with E-state index in [0.29, 0.717) is 11.3 Å². The van der Waals surface area contributed by atoms with Gasteiger partial charge in [-0.05, 0) is 43.2 Å². The van der Waals surface area contributed by atoms with Crippen molar-refractivity contribution < 1.29 is 9.50 Å². The van der Waals surface area contributed by atoms with Gasteiger partial charge in [0, 0.05) is 24.8 Å². The summed E-state index contributed by atoms with van der Waals surface area (Å²) in [7, 11) is 0. The highest BCUT2D eigenvalue weighted by molar-refractivity contribution is 5.79. The van der Waals surface area contributed by atoms with Gasteiger partial charge in [-0.3, -0.25) is 0 Å². The number of nitrogens with zero attached hydrogens (tertiary/aromatic N) is 3. The standard InChI is InChI=1S/C17H17FN4O/c18-12-2-3-14-15(9-12)21-17(20-14)11-1-4-16(19-10-11)22-7-5-13(23)6-8-22/h1-4,9-10,13,23H,5-8H2,(H,20,21). The van der Waals surface area contributed by atoms with E-state index in [0.717, 1.165) is 42.8 Å². The molecule has 0 unspecified atom stereocenters. The van der Waals surface area contributed by atoms with Gasteiger partial charge >= 0.3 is 0 Å². The summed E-state index contributed by atoms with van der Waals surface area (Å²) in [6, 6.07) is 8.42. The lowest BCUT2D eigenvalue weighted by atomic mass is 10.1. The Bertz CT molecular complexity index is 822. The first-order valence-corrected chi connectivity index (χ1v) is 7.74. The van der Waals surface area contributed by atoms with Crippen molar-refractivity contribution in [3.63, 3.8) is 0 Å². The quantitative estimate of drug-likeness (QED) is 0.763. The van der Waals surface area contributed by atoms with Gasteiger partial charge in [0.2, 0.25) is 0 Å². The van der Waals surface area contributed by atoms with Crippen LogP contribution in [0.4, 0.5) is 10.2 Å². The van der Waals surface area contributed by atoms with Crippen LogP contribution in [0.3, 0.4) is 0 Å². The molecule has 0 radical (unpaired) electrons. The Kier molecular flexibility index (Phi) is 3.46. The van der Waals surface area contributed by atoms with E-state index in [4.69, 9.17) is 0 Å². The van der Waals surface area contributed by atoms with Crippen LogP contribution < -0.4 is 4.90 Å². The minimum atomic E-state index is -0.284. The highest BCUT2D eigenvalue weighted by Crippen LogP contribution is 2.23. The Balaban J connectivity index is 1.59. The summed E-state index contributed by atoms with van der Waals surface area (Å²) in [5.74, 6) is 1.30. The molecule has 0 amide bonds. The number of aliphatic hydroxyl groups is 1. The highest BCUT2D eigenvalue weighted by atomic mass is 19.1. The Morgan fingerprint density at radius 2 is 2.00 bits per heavy atom. The lowest BCUT2D eigenvalue weighted by Crippen LogP contribution is -2.36. The second-order valence-corrected chi connectivity index (χ2v) is 5.87. The topological polar surface area (TPSA) is 65.0 Å². The first-order chi connectivity index (χ1) is 11.2. The summed E-state index contributed by atoms with van der Waals surface area (Å²) < 4.78 is 13.3. The minimum Gasteiger partial charge on any atom is -0.393 e. The fourth-order valence-electron chi connectivity index (χ4n) is 2.93. The maximum atomic E-state index is 13.3. The molecule has 118 valence electrons. The molecule has 0 atom stereocenters. The van der Waals surface area contributed by atoms with Gasteiger partial charge < -0.3 is 15.0 Å². The van der Waals surface area contributed by atoms with Gasteiger partial charge in [0.05, 0.1) is 17.1 Å². The monoisotopic (exact) mass is 312 g/mol. The summed E-state index contributed by atoms with van der Waals surface area (Å²) >= 11 is 0. The molecule has 0 aliphatic carbocycles. The number of hydrogen-bond donors (Lipinski definition) is 2. The molecular formula is C17H17FN4O. The van der Waals surface area contributed by atoms with Crippen molar-refractivity contribution in [2.24, 2.45) is 0 Å². The van der Waals surface area contributed by atoms with Crippen LogP contribution in [0.1, 0.15) is 12.8 Å². The molecule has 1 aliphatic rings. The molecule has 2 aromatic heterocycles. The molecule has 1 fully saturated rings. The molecule has 3 aromatic rings. The van der Waals surface area contributed by atoms with Crippen LogP contribution in [-0.4, -0.2) is 39.3 Å². The summed E-state index contributed by atoms with van der Waals surface area (Å²) in [6.07, 6.45) is 3.13. The average molecular weight is 312 g/mol. The van der Waals surface area contributed by atoms with E-state index in [2.05, 4.69) is 19.9 Å². The van der Waals surface area contributed by atoms with E-state index in [-0.39, 0.29) is 11.9 Å². The van der Waals surface area contributed by atoms with E-state index in [9.17, 15) is 9.50 Å². The molecular weight excluding hydrogens is 295 g/mol. The highest BCUT2D eigenvalue weighted by Gasteiger charge is 2.18. The number of pyridine rings is 1. The van der Waals surface area contributed by atoms with Crippen LogP contribution >= 0.6 is 0 Å². The van der Waals surface area contributed by atoms with E-state index >= 15 is 0 Å². The first kappa shape index (κ1) is 14.1. The minimum absolute atomic E-state index is 0.193. The van der Waals surface area contributed by atoms with E-state index in [1.54, 1.807) is 12.3 Å². The maximum Gasteiger partial charge on any atom is 0.140 e. The predicted molar refractivity (Wildman–Crippen MR) is 86.7 cm³/mol. The molecule has 4 rings (SSSR count). The van der Waals surface area contributed by atoms with E-state index in [1.807, 2.05) is 12.1 Å².